The van der Waals surface area contributed by atoms with Crippen LogP contribution in [0.3, 0.4) is 0 Å². The van der Waals surface area contributed by atoms with Crippen molar-refractivity contribution in [3.63, 3.8) is 0 Å². The van der Waals surface area contributed by atoms with Gasteiger partial charge in [-0.1, -0.05) is 15.9 Å². The molecule has 3 saturated carbocycles. The number of fused-ring (bicyclic) bond motifs is 1. The summed E-state index contributed by atoms with van der Waals surface area (Å²) in [6.07, 6.45) is 6.13. The van der Waals surface area contributed by atoms with Crippen LogP contribution in [0.4, 0.5) is 0 Å². The van der Waals surface area contributed by atoms with Crippen molar-refractivity contribution in [3.05, 3.63) is 0 Å². The van der Waals surface area contributed by atoms with Gasteiger partial charge in [-0.25, -0.2) is 0 Å². The second kappa shape index (κ2) is 1.25. The van der Waals surface area contributed by atoms with Crippen molar-refractivity contribution in [2.75, 3.05) is 0 Å². The number of hydrogen-bond acceptors (Lipinski definition) is 0. The Morgan fingerprint density at radius 3 is 2.00 bits per heavy atom. The fourth-order valence-electron chi connectivity index (χ4n) is 3.34. The lowest BCUT2D eigenvalue weighted by atomic mass is 9.64. The van der Waals surface area contributed by atoms with Gasteiger partial charge in [0.25, 0.3) is 0 Å². The second-order valence-electron chi connectivity index (χ2n) is 4.10. The van der Waals surface area contributed by atoms with Gasteiger partial charge in [0, 0.05) is 4.32 Å². The zero-order valence-corrected chi connectivity index (χ0v) is 7.02. The summed E-state index contributed by atoms with van der Waals surface area (Å²) in [4.78, 5) is 0. The van der Waals surface area contributed by atoms with Gasteiger partial charge in [-0.2, -0.15) is 0 Å². The highest BCUT2D eigenvalue weighted by molar-refractivity contribution is 9.10. The van der Waals surface area contributed by atoms with Gasteiger partial charge in [-0.3, -0.25) is 0 Å². The summed E-state index contributed by atoms with van der Waals surface area (Å²) in [6, 6.07) is 0. The molecule has 0 radical (unpaired) electrons. The van der Waals surface area contributed by atoms with E-state index in [0.717, 1.165) is 17.8 Å². The standard InChI is InChI=1S/C8H11Br/c9-8-4-5-1-6(8)3-7(8)2-5/h5-7H,1-4H2. The van der Waals surface area contributed by atoms with Crippen LogP contribution in [0, 0.1) is 17.8 Å². The lowest BCUT2D eigenvalue weighted by Crippen LogP contribution is -2.46. The van der Waals surface area contributed by atoms with Crippen molar-refractivity contribution in [3.8, 4) is 0 Å². The van der Waals surface area contributed by atoms with Gasteiger partial charge in [0.05, 0.1) is 0 Å². The molecule has 9 heavy (non-hydrogen) atoms. The SMILES string of the molecule is BrC12CC3CC1CC2C3. The van der Waals surface area contributed by atoms with Crippen LogP contribution in [-0.4, -0.2) is 4.32 Å². The molecule has 3 rings (SSSR count). The molecule has 3 aliphatic carbocycles. The first-order valence-electron chi connectivity index (χ1n) is 3.98. The second-order valence-corrected chi connectivity index (χ2v) is 5.57. The summed E-state index contributed by atoms with van der Waals surface area (Å²) < 4.78 is 0.678. The Balaban J connectivity index is 2.07. The predicted molar refractivity (Wildman–Crippen MR) is 40.6 cm³/mol. The number of hydrogen-bond donors (Lipinski definition) is 0. The van der Waals surface area contributed by atoms with Crippen LogP contribution >= 0.6 is 15.9 Å². The van der Waals surface area contributed by atoms with E-state index in [2.05, 4.69) is 15.9 Å². The molecule has 1 heteroatoms. The molecule has 3 aliphatic rings. The van der Waals surface area contributed by atoms with Gasteiger partial charge in [0.2, 0.25) is 0 Å². The normalized spacial score (nSPS) is 68.3. The van der Waals surface area contributed by atoms with Gasteiger partial charge in [0.15, 0.2) is 0 Å². The van der Waals surface area contributed by atoms with Crippen LogP contribution in [0.15, 0.2) is 0 Å². The predicted octanol–water partition coefficient (Wildman–Crippen LogP) is 2.57. The van der Waals surface area contributed by atoms with Gasteiger partial charge in [-0.05, 0) is 43.4 Å². The van der Waals surface area contributed by atoms with E-state index >= 15 is 0 Å². The maximum absolute atomic E-state index is 3.90. The van der Waals surface area contributed by atoms with Crippen LogP contribution < -0.4 is 0 Å². The Labute approximate surface area is 64.1 Å². The molecule has 0 heterocycles. The molecule has 0 nitrogen and oxygen atoms in total. The molecule has 3 fully saturated rings. The van der Waals surface area contributed by atoms with Crippen LogP contribution in [0.5, 0.6) is 0 Å². The summed E-state index contributed by atoms with van der Waals surface area (Å²) in [5, 5.41) is 0. The van der Waals surface area contributed by atoms with E-state index in [1.54, 1.807) is 19.3 Å². The molecule has 0 saturated heterocycles. The first-order chi connectivity index (χ1) is 4.29. The van der Waals surface area contributed by atoms with E-state index in [0.29, 0.717) is 4.32 Å². The van der Waals surface area contributed by atoms with Crippen LogP contribution in [0.25, 0.3) is 0 Å². The molecule has 0 spiro atoms. The molecule has 0 aromatic carbocycles. The lowest BCUT2D eigenvalue weighted by Gasteiger charge is -2.48. The van der Waals surface area contributed by atoms with Crippen LogP contribution in [0.1, 0.15) is 25.7 Å². The Hall–Kier alpha value is 0.480. The third-order valence-corrected chi connectivity index (χ3v) is 5.38. The van der Waals surface area contributed by atoms with E-state index in [9.17, 15) is 0 Å². The molecule has 0 aromatic heterocycles. The van der Waals surface area contributed by atoms with Gasteiger partial charge in [0.1, 0.15) is 0 Å². The van der Waals surface area contributed by atoms with Crippen LogP contribution in [-0.2, 0) is 0 Å². The maximum atomic E-state index is 3.90. The zero-order valence-electron chi connectivity index (χ0n) is 5.44. The van der Waals surface area contributed by atoms with Gasteiger partial charge in [-0.15, -0.1) is 0 Å². The van der Waals surface area contributed by atoms with E-state index in [-0.39, 0.29) is 0 Å². The summed E-state index contributed by atoms with van der Waals surface area (Å²) in [7, 11) is 0. The summed E-state index contributed by atoms with van der Waals surface area (Å²) in [5.41, 5.74) is 0. The van der Waals surface area contributed by atoms with Gasteiger partial charge < -0.3 is 0 Å². The smallest absolute Gasteiger partial charge is 0.0317 e. The highest BCUT2D eigenvalue weighted by Crippen LogP contribution is 2.69. The molecule has 2 atom stereocenters. The van der Waals surface area contributed by atoms with Crippen molar-refractivity contribution in [2.45, 2.75) is 30.0 Å². The van der Waals surface area contributed by atoms with E-state index in [1.165, 1.54) is 6.42 Å². The molecule has 0 aliphatic heterocycles. The number of alkyl halides is 1. The largest absolute Gasteiger partial charge is 0.0847 e. The third-order valence-electron chi connectivity index (χ3n) is 3.76. The van der Waals surface area contributed by atoms with Gasteiger partial charge >= 0.3 is 0 Å². The Morgan fingerprint density at radius 2 is 1.78 bits per heavy atom. The minimum atomic E-state index is 0.678. The van der Waals surface area contributed by atoms with E-state index < -0.39 is 0 Å². The fraction of sp³-hybridized carbons (Fsp3) is 1.00. The van der Waals surface area contributed by atoms with Crippen molar-refractivity contribution < 1.29 is 0 Å². The van der Waals surface area contributed by atoms with E-state index in [4.69, 9.17) is 0 Å². The highest BCUT2D eigenvalue weighted by Gasteiger charge is 2.63. The zero-order chi connectivity index (χ0) is 6.06. The van der Waals surface area contributed by atoms with Crippen LogP contribution in [0.2, 0.25) is 0 Å². The summed E-state index contributed by atoms with van der Waals surface area (Å²) in [6.45, 7) is 0. The van der Waals surface area contributed by atoms with Crippen molar-refractivity contribution in [1.82, 2.24) is 0 Å². The van der Waals surface area contributed by atoms with Crippen molar-refractivity contribution >= 4 is 15.9 Å². The first-order valence-corrected chi connectivity index (χ1v) is 4.77. The molecule has 0 amide bonds. The van der Waals surface area contributed by atoms with Crippen molar-refractivity contribution in [1.29, 1.82) is 0 Å². The average molecular weight is 187 g/mol. The topological polar surface area (TPSA) is 0 Å². The molecule has 0 N–H and O–H groups in total. The first kappa shape index (κ1) is 5.17. The highest BCUT2D eigenvalue weighted by atomic mass is 79.9. The Kier molecular flexibility index (Phi) is 0.719. The Morgan fingerprint density at radius 1 is 1.11 bits per heavy atom. The summed E-state index contributed by atoms with van der Waals surface area (Å²) in [5.74, 6) is 3.29. The number of rotatable bonds is 0. The molecular formula is C8H11Br. The molecule has 2 unspecified atom stereocenters. The quantitative estimate of drug-likeness (QED) is 0.511. The summed E-state index contributed by atoms with van der Waals surface area (Å²) >= 11 is 3.90. The maximum Gasteiger partial charge on any atom is 0.0317 e. The lowest BCUT2D eigenvalue weighted by molar-refractivity contribution is 0.119. The fourth-order valence-corrected chi connectivity index (χ4v) is 4.54. The molecular weight excluding hydrogens is 176 g/mol. The van der Waals surface area contributed by atoms with Crippen molar-refractivity contribution in [2.24, 2.45) is 17.8 Å². The van der Waals surface area contributed by atoms with E-state index in [1.807, 2.05) is 0 Å². The average Bonchev–Trinajstić information content (AvgIpc) is 2.20. The molecule has 2 bridgehead atoms. The Bertz CT molecular complexity index is 152. The molecule has 50 valence electrons. The monoisotopic (exact) mass is 186 g/mol. The number of halogens is 1. The minimum Gasteiger partial charge on any atom is -0.0847 e. The molecule has 0 aromatic rings. The third kappa shape index (κ3) is 0.410. The minimum absolute atomic E-state index is 0.678.